The number of amides is 1. The number of nitrogens with one attached hydrogen (secondary N) is 2. The molecular weight excluding hydrogens is 523 g/mol. The third-order valence-electron chi connectivity index (χ3n) is 7.72. The van der Waals surface area contributed by atoms with Gasteiger partial charge < -0.3 is 29.0 Å². The first-order valence-electron chi connectivity index (χ1n) is 13.8. The summed E-state index contributed by atoms with van der Waals surface area (Å²) in [5.74, 6) is 0.990. The van der Waals surface area contributed by atoms with Crippen molar-refractivity contribution in [3.63, 3.8) is 0 Å². The van der Waals surface area contributed by atoms with Gasteiger partial charge in [-0.15, -0.1) is 10.2 Å². The van der Waals surface area contributed by atoms with Gasteiger partial charge in [0.1, 0.15) is 16.9 Å². The molecule has 12 heteroatoms. The molecule has 1 amide bonds. The number of benzene rings is 2. The van der Waals surface area contributed by atoms with Crippen LogP contribution in [0.5, 0.6) is 5.75 Å². The molecule has 1 saturated heterocycles. The monoisotopic (exact) mass is 562 g/mol. The van der Waals surface area contributed by atoms with Crippen LogP contribution in [0.3, 0.4) is 0 Å². The first kappa shape index (κ1) is 29.0. The van der Waals surface area contributed by atoms with Gasteiger partial charge in [0.05, 0.1) is 35.2 Å². The molecule has 0 unspecified atom stereocenters. The minimum Gasteiger partial charge on any atom is -0.495 e. The molecule has 41 heavy (non-hydrogen) atoms. The maximum absolute atomic E-state index is 12.7. The summed E-state index contributed by atoms with van der Waals surface area (Å²) < 4.78 is 23.8. The zero-order valence-corrected chi connectivity index (χ0v) is 25.3. The highest BCUT2D eigenvalue weighted by molar-refractivity contribution is 6.62. The van der Waals surface area contributed by atoms with E-state index in [4.69, 9.17) is 23.8 Å². The second-order valence-electron chi connectivity index (χ2n) is 12.7. The van der Waals surface area contributed by atoms with Gasteiger partial charge in [0.2, 0.25) is 5.95 Å². The molecule has 2 aliphatic heterocycles. The lowest BCUT2D eigenvalue weighted by Crippen LogP contribution is -2.41. The standard InChI is InChI=1S/C29H39BN6O5/c1-27(2,3)39-26(37)33-22-15-19(30-40-28(4,5)29(6,7)41-30)14-21-24(22)34-35-25(32-21)31-20-12-18-16-36(8)11-10-17(18)13-23(20)38-9/h12-15H,10-11,16H2,1-9H3,(H,33,37)(H,31,32,35). The van der Waals surface area contributed by atoms with E-state index in [2.05, 4.69) is 44.9 Å². The largest absolute Gasteiger partial charge is 0.495 e. The molecule has 1 aromatic heterocycles. The first-order valence-corrected chi connectivity index (χ1v) is 13.8. The van der Waals surface area contributed by atoms with E-state index in [1.807, 2.05) is 33.8 Å². The first-order chi connectivity index (χ1) is 19.1. The van der Waals surface area contributed by atoms with Gasteiger partial charge in [-0.1, -0.05) is 0 Å². The van der Waals surface area contributed by atoms with Crippen LogP contribution in [0.15, 0.2) is 24.3 Å². The molecule has 0 atom stereocenters. The van der Waals surface area contributed by atoms with Crippen molar-refractivity contribution in [2.75, 3.05) is 31.3 Å². The van der Waals surface area contributed by atoms with Crippen LogP contribution in [0.4, 0.5) is 22.1 Å². The van der Waals surface area contributed by atoms with Crippen molar-refractivity contribution in [1.29, 1.82) is 0 Å². The minimum absolute atomic E-state index is 0.286. The number of aromatic nitrogens is 3. The van der Waals surface area contributed by atoms with Crippen LogP contribution in [0.25, 0.3) is 11.0 Å². The smallest absolute Gasteiger partial charge is 0.494 e. The van der Waals surface area contributed by atoms with E-state index in [0.717, 1.165) is 25.2 Å². The summed E-state index contributed by atoms with van der Waals surface area (Å²) in [6, 6.07) is 7.75. The fourth-order valence-corrected chi connectivity index (χ4v) is 4.86. The van der Waals surface area contributed by atoms with E-state index in [1.54, 1.807) is 33.9 Å². The molecule has 0 radical (unpaired) electrons. The lowest BCUT2D eigenvalue weighted by atomic mass is 9.78. The van der Waals surface area contributed by atoms with Gasteiger partial charge in [0.15, 0.2) is 0 Å². The number of nitrogens with zero attached hydrogens (tertiary/aromatic N) is 4. The lowest BCUT2D eigenvalue weighted by molar-refractivity contribution is 0.00578. The average molecular weight is 562 g/mol. The molecule has 0 bridgehead atoms. The number of hydrogen-bond donors (Lipinski definition) is 2. The highest BCUT2D eigenvalue weighted by atomic mass is 16.7. The van der Waals surface area contributed by atoms with Gasteiger partial charge in [-0.05, 0) is 103 Å². The molecule has 1 fully saturated rings. The summed E-state index contributed by atoms with van der Waals surface area (Å²) in [7, 11) is 3.08. The van der Waals surface area contributed by atoms with Gasteiger partial charge in [-0.25, -0.2) is 9.78 Å². The molecule has 3 aromatic rings. The van der Waals surface area contributed by atoms with Crippen molar-refractivity contribution in [1.82, 2.24) is 20.1 Å². The average Bonchev–Trinajstić information content (AvgIpc) is 3.08. The molecule has 218 valence electrons. The molecular formula is C29H39BN6O5. The molecule has 0 spiro atoms. The van der Waals surface area contributed by atoms with Crippen LogP contribution in [0.2, 0.25) is 0 Å². The van der Waals surface area contributed by atoms with Crippen molar-refractivity contribution >= 4 is 47.0 Å². The lowest BCUT2D eigenvalue weighted by Gasteiger charge is -2.32. The molecule has 2 aliphatic rings. The zero-order valence-electron chi connectivity index (χ0n) is 25.3. The number of rotatable bonds is 5. The van der Waals surface area contributed by atoms with Gasteiger partial charge in [-0.3, -0.25) is 5.32 Å². The SMILES string of the molecule is COc1cc2c(cc1Nc1nnc3c(NC(=O)OC(C)(C)C)cc(B4OC(C)(C)C(C)(C)O4)cc3n1)CN(C)CC2. The fraction of sp³-hybridized carbons (Fsp3) is 0.517. The Labute approximate surface area is 241 Å². The Kier molecular flexibility index (Phi) is 7.38. The third kappa shape index (κ3) is 6.09. The number of carbonyl (C=O) groups excluding carboxylic acids is 1. The maximum Gasteiger partial charge on any atom is 0.494 e. The Balaban J connectivity index is 1.53. The Hall–Kier alpha value is -3.48. The van der Waals surface area contributed by atoms with Crippen molar-refractivity contribution < 1.29 is 23.6 Å². The highest BCUT2D eigenvalue weighted by Gasteiger charge is 2.52. The number of fused-ring (bicyclic) bond motifs is 2. The van der Waals surface area contributed by atoms with Gasteiger partial charge in [-0.2, -0.15) is 0 Å². The highest BCUT2D eigenvalue weighted by Crippen LogP contribution is 2.37. The van der Waals surface area contributed by atoms with E-state index in [1.165, 1.54) is 11.1 Å². The van der Waals surface area contributed by atoms with Crippen molar-refractivity contribution in [2.45, 2.75) is 78.2 Å². The Morgan fingerprint density at radius 1 is 1.02 bits per heavy atom. The minimum atomic E-state index is -0.674. The third-order valence-corrected chi connectivity index (χ3v) is 7.72. The van der Waals surface area contributed by atoms with E-state index in [9.17, 15) is 4.79 Å². The predicted molar refractivity (Wildman–Crippen MR) is 159 cm³/mol. The van der Waals surface area contributed by atoms with E-state index in [0.29, 0.717) is 27.9 Å². The summed E-state index contributed by atoms with van der Waals surface area (Å²) >= 11 is 0. The molecule has 0 saturated carbocycles. The topological polar surface area (TPSA) is 120 Å². The zero-order chi connectivity index (χ0) is 29.7. The molecule has 2 N–H and O–H groups in total. The summed E-state index contributed by atoms with van der Waals surface area (Å²) in [6.07, 6.45) is 0.351. The Bertz CT molecular complexity index is 1470. The van der Waals surface area contributed by atoms with Gasteiger partial charge in [0.25, 0.3) is 0 Å². The van der Waals surface area contributed by atoms with E-state index in [-0.39, 0.29) is 5.95 Å². The number of ether oxygens (including phenoxy) is 2. The number of anilines is 3. The molecule has 2 aromatic carbocycles. The second kappa shape index (κ2) is 10.4. The van der Waals surface area contributed by atoms with Crippen molar-refractivity contribution in [3.05, 3.63) is 35.4 Å². The van der Waals surface area contributed by atoms with Crippen LogP contribution < -0.4 is 20.8 Å². The second-order valence-corrected chi connectivity index (χ2v) is 12.7. The molecule has 5 rings (SSSR count). The molecule has 3 heterocycles. The normalized spacial score (nSPS) is 18.2. The summed E-state index contributed by atoms with van der Waals surface area (Å²) in [5.41, 5.74) is 3.46. The summed E-state index contributed by atoms with van der Waals surface area (Å²) in [4.78, 5) is 19.8. The Morgan fingerprint density at radius 2 is 1.73 bits per heavy atom. The van der Waals surface area contributed by atoms with E-state index < -0.39 is 30.0 Å². The van der Waals surface area contributed by atoms with Crippen LogP contribution in [-0.4, -0.2) is 70.8 Å². The summed E-state index contributed by atoms with van der Waals surface area (Å²) in [5, 5.41) is 14.9. The number of carbonyl (C=O) groups is 1. The van der Waals surface area contributed by atoms with Crippen molar-refractivity contribution in [2.24, 2.45) is 0 Å². The van der Waals surface area contributed by atoms with Crippen molar-refractivity contribution in [3.8, 4) is 5.75 Å². The molecule has 11 nitrogen and oxygen atoms in total. The fourth-order valence-electron chi connectivity index (χ4n) is 4.86. The summed E-state index contributed by atoms with van der Waals surface area (Å²) in [6.45, 7) is 15.2. The number of methoxy groups -OCH3 is 1. The quantitative estimate of drug-likeness (QED) is 0.433. The van der Waals surface area contributed by atoms with Crippen LogP contribution in [0, 0.1) is 0 Å². The number of hydrogen-bond acceptors (Lipinski definition) is 10. The van der Waals surface area contributed by atoms with Gasteiger partial charge in [0, 0.05) is 13.1 Å². The Morgan fingerprint density at radius 3 is 2.39 bits per heavy atom. The predicted octanol–water partition coefficient (Wildman–Crippen LogP) is 4.41. The maximum atomic E-state index is 12.7. The number of likely N-dealkylation sites (N-methyl/N-ethyl adjacent to an activating group) is 1. The van der Waals surface area contributed by atoms with E-state index >= 15 is 0 Å². The molecule has 0 aliphatic carbocycles. The van der Waals surface area contributed by atoms with Gasteiger partial charge >= 0.3 is 13.2 Å². The van der Waals surface area contributed by atoms with Crippen LogP contribution in [0.1, 0.15) is 59.6 Å². The van der Waals surface area contributed by atoms with Crippen LogP contribution in [-0.2, 0) is 27.0 Å². The van der Waals surface area contributed by atoms with Crippen LogP contribution >= 0.6 is 0 Å².